The molecule has 0 bridgehead atoms. The van der Waals surface area contributed by atoms with Crippen LogP contribution in [0.1, 0.15) is 5.56 Å². The van der Waals surface area contributed by atoms with Crippen LogP contribution < -0.4 is 0 Å². The molecule has 0 radical (unpaired) electrons. The molecule has 0 saturated carbocycles. The third-order valence-corrected chi connectivity index (χ3v) is 2.74. The van der Waals surface area contributed by atoms with E-state index in [1.165, 1.54) is 12.3 Å². The molecule has 0 aromatic carbocycles. The van der Waals surface area contributed by atoms with E-state index in [-0.39, 0.29) is 16.8 Å². The van der Waals surface area contributed by atoms with Crippen LogP contribution in [-0.2, 0) is 0 Å². The van der Waals surface area contributed by atoms with E-state index < -0.39 is 5.51 Å². The normalized spacial score (nSPS) is 11.8. The summed E-state index contributed by atoms with van der Waals surface area (Å²) in [5.74, 6) is 0. The van der Waals surface area contributed by atoms with Crippen LogP contribution in [0.4, 0.5) is 13.2 Å². The third-order valence-electron chi connectivity index (χ3n) is 1.24. The average molecular weight is 272 g/mol. The monoisotopic (exact) mass is 271 g/mol. The minimum absolute atomic E-state index is 0.0341. The molecule has 0 aliphatic heterocycles. The van der Waals surface area contributed by atoms with Gasteiger partial charge in [-0.1, -0.05) is 0 Å². The van der Waals surface area contributed by atoms with Crippen LogP contribution in [-0.4, -0.2) is 10.5 Å². The summed E-state index contributed by atoms with van der Waals surface area (Å²) in [5.41, 5.74) is -3.53. The third kappa shape index (κ3) is 3.56. The number of hydrogen-bond acceptors (Lipinski definition) is 2. The van der Waals surface area contributed by atoms with Gasteiger partial charge in [-0.2, -0.15) is 13.2 Å². The van der Waals surface area contributed by atoms with Gasteiger partial charge < -0.3 is 0 Å². The van der Waals surface area contributed by atoms with E-state index in [0.29, 0.717) is 4.47 Å². The molecule has 1 aromatic heterocycles. The van der Waals surface area contributed by atoms with Gasteiger partial charge in [0.1, 0.15) is 5.03 Å². The highest BCUT2D eigenvalue weighted by atomic mass is 79.9. The Hall–Kier alpha value is -0.230. The number of aryl methyl sites for hydroxylation is 1. The molecule has 1 heterocycles. The smallest absolute Gasteiger partial charge is 0.248 e. The summed E-state index contributed by atoms with van der Waals surface area (Å²) < 4.78 is 36.4. The van der Waals surface area contributed by atoms with Crippen molar-refractivity contribution in [1.82, 2.24) is 4.98 Å². The van der Waals surface area contributed by atoms with Crippen molar-refractivity contribution in [3.63, 3.8) is 0 Å². The molecule has 72 valence electrons. The van der Waals surface area contributed by atoms with Crippen molar-refractivity contribution in [2.45, 2.75) is 17.5 Å². The number of aromatic nitrogens is 1. The topological polar surface area (TPSA) is 12.9 Å². The second-order valence-corrected chi connectivity index (χ2v) is 4.26. The van der Waals surface area contributed by atoms with Gasteiger partial charge in [0, 0.05) is 22.4 Å². The van der Waals surface area contributed by atoms with Crippen molar-refractivity contribution in [3.05, 3.63) is 22.3 Å². The van der Waals surface area contributed by atoms with Gasteiger partial charge in [0.15, 0.2) is 0 Å². The predicted octanol–water partition coefficient (Wildman–Crippen LogP) is 3.76. The van der Waals surface area contributed by atoms with Gasteiger partial charge in [0.05, 0.1) is 0 Å². The number of rotatable bonds is 1. The van der Waals surface area contributed by atoms with Crippen LogP contribution in [0, 0.1) is 6.92 Å². The summed E-state index contributed by atoms with van der Waals surface area (Å²) in [6.45, 7) is 1.71. The first-order chi connectivity index (χ1) is 5.88. The zero-order valence-electron chi connectivity index (χ0n) is 6.52. The summed E-state index contributed by atoms with van der Waals surface area (Å²) >= 11 is 2.95. The Kier molecular flexibility index (Phi) is 3.23. The molecule has 0 aliphatic rings. The van der Waals surface area contributed by atoms with Gasteiger partial charge in [-0.15, -0.1) is 0 Å². The highest BCUT2D eigenvalue weighted by Crippen LogP contribution is 2.36. The second kappa shape index (κ2) is 3.88. The van der Waals surface area contributed by atoms with Crippen LogP contribution in [0.15, 0.2) is 21.8 Å². The second-order valence-electron chi connectivity index (χ2n) is 2.32. The summed E-state index contributed by atoms with van der Waals surface area (Å²) in [5, 5.41) is -0.0341. The Bertz CT molecular complexity index is 313. The van der Waals surface area contributed by atoms with Crippen LogP contribution in [0.25, 0.3) is 0 Å². The molecule has 0 fully saturated rings. The van der Waals surface area contributed by atoms with Crippen molar-refractivity contribution in [3.8, 4) is 0 Å². The fraction of sp³-hybridized carbons (Fsp3) is 0.286. The van der Waals surface area contributed by atoms with Crippen molar-refractivity contribution >= 4 is 27.7 Å². The number of halogens is 4. The van der Waals surface area contributed by atoms with E-state index in [0.717, 1.165) is 5.56 Å². The molecule has 13 heavy (non-hydrogen) atoms. The average Bonchev–Trinajstić information content (AvgIpc) is 1.94. The maximum absolute atomic E-state index is 11.9. The van der Waals surface area contributed by atoms with Crippen molar-refractivity contribution in [1.29, 1.82) is 0 Å². The number of nitrogens with zero attached hydrogens (tertiary/aromatic N) is 1. The van der Waals surface area contributed by atoms with Crippen molar-refractivity contribution in [2.75, 3.05) is 0 Å². The van der Waals surface area contributed by atoms with E-state index in [9.17, 15) is 13.2 Å². The summed E-state index contributed by atoms with van der Waals surface area (Å²) in [6, 6.07) is 1.39. The highest BCUT2D eigenvalue weighted by molar-refractivity contribution is 9.10. The molecule has 1 aromatic rings. The highest BCUT2D eigenvalue weighted by Gasteiger charge is 2.30. The zero-order valence-corrected chi connectivity index (χ0v) is 8.92. The van der Waals surface area contributed by atoms with Crippen LogP contribution in [0.3, 0.4) is 0 Å². The number of hydrogen-bond donors (Lipinski definition) is 0. The van der Waals surface area contributed by atoms with E-state index in [1.54, 1.807) is 6.92 Å². The molecule has 0 amide bonds. The lowest BCUT2D eigenvalue weighted by Gasteiger charge is -2.05. The minimum atomic E-state index is -4.27. The Morgan fingerprint density at radius 1 is 1.46 bits per heavy atom. The molecule has 1 nitrogen and oxygen atoms in total. The molecule has 1 rings (SSSR count). The van der Waals surface area contributed by atoms with Gasteiger partial charge in [-0.3, -0.25) is 0 Å². The van der Waals surface area contributed by atoms with Gasteiger partial charge in [-0.05, 0) is 34.5 Å². The predicted molar refractivity (Wildman–Crippen MR) is 48.6 cm³/mol. The molecular weight excluding hydrogens is 267 g/mol. The van der Waals surface area contributed by atoms with E-state index >= 15 is 0 Å². The van der Waals surface area contributed by atoms with Crippen molar-refractivity contribution in [2.24, 2.45) is 0 Å². The number of pyridine rings is 1. The standard InChI is InChI=1S/C7H5BrF3NS/c1-4-2-6(12-3-5(4)8)13-7(9,10)11/h2-3H,1H3. The molecule has 0 atom stereocenters. The largest absolute Gasteiger partial charge is 0.447 e. The summed E-state index contributed by atoms with van der Waals surface area (Å²) in [7, 11) is 0. The minimum Gasteiger partial charge on any atom is -0.248 e. The molecule has 0 unspecified atom stereocenters. The Morgan fingerprint density at radius 3 is 2.54 bits per heavy atom. The van der Waals surface area contributed by atoms with Gasteiger partial charge in [0.2, 0.25) is 0 Å². The lowest BCUT2D eigenvalue weighted by molar-refractivity contribution is -0.0329. The Labute approximate surface area is 85.9 Å². The van der Waals surface area contributed by atoms with Crippen LogP contribution >= 0.6 is 27.7 Å². The number of alkyl halides is 3. The van der Waals surface area contributed by atoms with Gasteiger partial charge in [-0.25, -0.2) is 4.98 Å². The summed E-state index contributed by atoms with van der Waals surface area (Å²) in [6.07, 6.45) is 1.36. The maximum Gasteiger partial charge on any atom is 0.447 e. The molecule has 0 saturated heterocycles. The van der Waals surface area contributed by atoms with Gasteiger partial charge >= 0.3 is 5.51 Å². The summed E-state index contributed by atoms with van der Waals surface area (Å²) in [4.78, 5) is 3.62. The van der Waals surface area contributed by atoms with Gasteiger partial charge in [0.25, 0.3) is 0 Å². The maximum atomic E-state index is 11.9. The fourth-order valence-electron chi connectivity index (χ4n) is 0.688. The zero-order chi connectivity index (χ0) is 10.1. The Balaban J connectivity index is 2.86. The first-order valence-corrected chi connectivity index (χ1v) is 4.87. The number of thioether (sulfide) groups is 1. The Morgan fingerprint density at radius 2 is 2.08 bits per heavy atom. The molecule has 6 heteroatoms. The quantitative estimate of drug-likeness (QED) is 0.722. The molecule has 0 aliphatic carbocycles. The molecule has 0 N–H and O–H groups in total. The van der Waals surface area contributed by atoms with Crippen molar-refractivity contribution < 1.29 is 13.2 Å². The van der Waals surface area contributed by atoms with E-state index in [4.69, 9.17) is 0 Å². The van der Waals surface area contributed by atoms with E-state index in [1.807, 2.05) is 0 Å². The lowest BCUT2D eigenvalue weighted by Crippen LogP contribution is -2.00. The van der Waals surface area contributed by atoms with Crippen LogP contribution in [0.2, 0.25) is 0 Å². The SMILES string of the molecule is Cc1cc(SC(F)(F)F)ncc1Br. The van der Waals surface area contributed by atoms with Crippen LogP contribution in [0.5, 0.6) is 0 Å². The van der Waals surface area contributed by atoms with E-state index in [2.05, 4.69) is 20.9 Å². The first-order valence-electron chi connectivity index (χ1n) is 3.26. The molecule has 0 spiro atoms. The first kappa shape index (κ1) is 10.8. The lowest BCUT2D eigenvalue weighted by atomic mass is 10.3. The molecular formula is C7H5BrF3NS. The fourth-order valence-corrected chi connectivity index (χ4v) is 1.48.